The van der Waals surface area contributed by atoms with Gasteiger partial charge in [-0.15, -0.1) is 0 Å². The number of aromatic nitrogens is 3. The molecule has 10 nitrogen and oxygen atoms in total. The second-order valence-corrected chi connectivity index (χ2v) is 8.18. The molecule has 0 radical (unpaired) electrons. The molecule has 0 bridgehead atoms. The van der Waals surface area contributed by atoms with Crippen LogP contribution in [-0.2, 0) is 10.0 Å². The highest BCUT2D eigenvalue weighted by Gasteiger charge is 2.26. The van der Waals surface area contributed by atoms with E-state index in [0.717, 1.165) is 11.3 Å². The number of H-pyrrole nitrogens is 1. The van der Waals surface area contributed by atoms with Crippen LogP contribution >= 0.6 is 0 Å². The quantitative estimate of drug-likeness (QED) is 0.412. The highest BCUT2D eigenvalue weighted by molar-refractivity contribution is 7.93. The maximum absolute atomic E-state index is 13.1. The van der Waals surface area contributed by atoms with Gasteiger partial charge in [0.1, 0.15) is 17.2 Å². The molecule has 0 fully saturated rings. The first-order valence-corrected chi connectivity index (χ1v) is 10.8. The lowest BCUT2D eigenvalue weighted by Crippen LogP contribution is -2.15. The van der Waals surface area contributed by atoms with Gasteiger partial charge in [0.15, 0.2) is 16.5 Å². The highest BCUT2D eigenvalue weighted by atomic mass is 32.2. The average Bonchev–Trinajstić information content (AvgIpc) is 3.50. The second-order valence-electron chi connectivity index (χ2n) is 6.56. The first-order valence-electron chi connectivity index (χ1n) is 9.35. The van der Waals surface area contributed by atoms with Gasteiger partial charge in [-0.2, -0.15) is 5.10 Å². The SMILES string of the molecule is COc1ccc(-c2ccn[nH]2)cc1-c1cc(NS(=O)(=O)c2c(OC)cccc2OC)no1. The fraction of sp³-hybridized carbons (Fsp3) is 0.143. The Morgan fingerprint density at radius 2 is 1.66 bits per heavy atom. The monoisotopic (exact) mass is 456 g/mol. The molecule has 2 aromatic carbocycles. The number of hydrogen-bond acceptors (Lipinski definition) is 8. The van der Waals surface area contributed by atoms with E-state index in [4.69, 9.17) is 18.7 Å². The molecule has 0 amide bonds. The lowest BCUT2D eigenvalue weighted by Gasteiger charge is -2.13. The fourth-order valence-electron chi connectivity index (χ4n) is 3.21. The number of nitrogens with zero attached hydrogens (tertiary/aromatic N) is 2. The molecule has 0 atom stereocenters. The summed E-state index contributed by atoms with van der Waals surface area (Å²) >= 11 is 0. The number of sulfonamides is 1. The summed E-state index contributed by atoms with van der Waals surface area (Å²) in [6.45, 7) is 0. The smallest absolute Gasteiger partial charge is 0.270 e. The Labute approximate surface area is 184 Å². The Balaban J connectivity index is 1.69. The Kier molecular flexibility index (Phi) is 5.73. The predicted octanol–water partition coefficient (Wildman–Crippen LogP) is 3.56. The first-order chi connectivity index (χ1) is 15.5. The van der Waals surface area contributed by atoms with Crippen molar-refractivity contribution < 1.29 is 27.2 Å². The maximum atomic E-state index is 13.1. The minimum absolute atomic E-state index is 0.0121. The standard InChI is InChI=1S/C21H20N4O6S/c1-28-16-8-7-13(15-9-10-22-23-15)11-14(16)19-12-20(24-31-19)25-32(26,27)21-17(29-2)5-4-6-18(21)30-3/h4-12H,1-3H3,(H,22,23)(H,24,25). The molecule has 4 aromatic rings. The van der Waals surface area contributed by atoms with Crippen LogP contribution in [0.2, 0.25) is 0 Å². The zero-order chi connectivity index (χ0) is 22.7. The highest BCUT2D eigenvalue weighted by Crippen LogP contribution is 2.37. The van der Waals surface area contributed by atoms with Crippen molar-refractivity contribution in [2.24, 2.45) is 0 Å². The lowest BCUT2D eigenvalue weighted by atomic mass is 10.1. The van der Waals surface area contributed by atoms with Crippen molar-refractivity contribution in [3.63, 3.8) is 0 Å². The molecule has 4 rings (SSSR count). The van der Waals surface area contributed by atoms with Crippen molar-refractivity contribution in [2.75, 3.05) is 26.1 Å². The zero-order valence-electron chi connectivity index (χ0n) is 17.4. The molecule has 2 aromatic heterocycles. The molecule has 0 saturated carbocycles. The van der Waals surface area contributed by atoms with Gasteiger partial charge in [0.2, 0.25) is 0 Å². The molecule has 0 aliphatic heterocycles. The molecule has 0 aliphatic carbocycles. The van der Waals surface area contributed by atoms with Crippen LogP contribution in [0.25, 0.3) is 22.6 Å². The number of methoxy groups -OCH3 is 3. The number of ether oxygens (including phenoxy) is 3. The van der Waals surface area contributed by atoms with Gasteiger partial charge in [0.05, 0.1) is 32.6 Å². The average molecular weight is 456 g/mol. The Bertz CT molecular complexity index is 1310. The molecule has 0 unspecified atom stereocenters. The van der Waals surface area contributed by atoms with Gasteiger partial charge in [-0.1, -0.05) is 11.2 Å². The number of nitrogens with one attached hydrogen (secondary N) is 2. The Morgan fingerprint density at radius 3 is 2.28 bits per heavy atom. The minimum atomic E-state index is -4.09. The summed E-state index contributed by atoms with van der Waals surface area (Å²) in [6.07, 6.45) is 1.65. The van der Waals surface area contributed by atoms with E-state index in [1.807, 2.05) is 18.2 Å². The summed E-state index contributed by atoms with van der Waals surface area (Å²) in [7, 11) is 0.188. The van der Waals surface area contributed by atoms with Gasteiger partial charge < -0.3 is 18.7 Å². The largest absolute Gasteiger partial charge is 0.496 e. The van der Waals surface area contributed by atoms with E-state index in [0.29, 0.717) is 17.1 Å². The molecule has 0 saturated heterocycles. The maximum Gasteiger partial charge on any atom is 0.270 e. The van der Waals surface area contributed by atoms with Crippen LogP contribution < -0.4 is 18.9 Å². The Morgan fingerprint density at radius 1 is 0.938 bits per heavy atom. The topological polar surface area (TPSA) is 129 Å². The number of rotatable bonds is 8. The van der Waals surface area contributed by atoms with Gasteiger partial charge in [-0.05, 0) is 36.4 Å². The van der Waals surface area contributed by atoms with Crippen LogP contribution in [0.4, 0.5) is 5.82 Å². The van der Waals surface area contributed by atoms with E-state index < -0.39 is 10.0 Å². The molecule has 2 N–H and O–H groups in total. The summed E-state index contributed by atoms with van der Waals surface area (Å²) in [5.74, 6) is 1.10. The van der Waals surface area contributed by atoms with Crippen LogP contribution in [0, 0.1) is 0 Å². The molecular formula is C21H20N4O6S. The number of anilines is 1. The molecule has 166 valence electrons. The van der Waals surface area contributed by atoms with Crippen LogP contribution in [0.5, 0.6) is 17.2 Å². The Hall–Kier alpha value is -3.99. The van der Waals surface area contributed by atoms with Crippen molar-refractivity contribution in [3.05, 3.63) is 54.7 Å². The molecule has 0 spiro atoms. The van der Waals surface area contributed by atoms with Gasteiger partial charge in [0.25, 0.3) is 10.0 Å². The van der Waals surface area contributed by atoms with E-state index >= 15 is 0 Å². The minimum Gasteiger partial charge on any atom is -0.496 e. The number of benzene rings is 2. The van der Waals surface area contributed by atoms with Crippen molar-refractivity contribution in [1.29, 1.82) is 0 Å². The van der Waals surface area contributed by atoms with E-state index in [1.165, 1.54) is 39.5 Å². The van der Waals surface area contributed by atoms with E-state index in [1.54, 1.807) is 18.3 Å². The van der Waals surface area contributed by atoms with Crippen LogP contribution in [0.15, 0.2) is 64.1 Å². The normalized spacial score (nSPS) is 11.2. The lowest BCUT2D eigenvalue weighted by molar-refractivity contribution is 0.373. The van der Waals surface area contributed by atoms with Crippen LogP contribution in [0.1, 0.15) is 0 Å². The van der Waals surface area contributed by atoms with Gasteiger partial charge in [-0.25, -0.2) is 8.42 Å². The van der Waals surface area contributed by atoms with Gasteiger partial charge >= 0.3 is 0 Å². The van der Waals surface area contributed by atoms with E-state index in [2.05, 4.69) is 20.1 Å². The van der Waals surface area contributed by atoms with Crippen molar-refractivity contribution in [2.45, 2.75) is 4.90 Å². The van der Waals surface area contributed by atoms with Crippen molar-refractivity contribution >= 4 is 15.8 Å². The first kappa shape index (κ1) is 21.2. The van der Waals surface area contributed by atoms with Gasteiger partial charge in [0, 0.05) is 17.8 Å². The summed E-state index contributed by atoms with van der Waals surface area (Å²) in [6, 6.07) is 13.4. The third-order valence-electron chi connectivity index (χ3n) is 4.68. The van der Waals surface area contributed by atoms with E-state index in [9.17, 15) is 8.42 Å². The molecule has 11 heteroatoms. The van der Waals surface area contributed by atoms with Crippen LogP contribution in [0.3, 0.4) is 0 Å². The summed E-state index contributed by atoms with van der Waals surface area (Å²) in [5.41, 5.74) is 2.24. The third-order valence-corrected chi connectivity index (χ3v) is 6.09. The molecule has 2 heterocycles. The summed E-state index contributed by atoms with van der Waals surface area (Å²) in [4.78, 5) is -0.145. The number of aromatic amines is 1. The summed E-state index contributed by atoms with van der Waals surface area (Å²) in [5, 5.41) is 10.7. The van der Waals surface area contributed by atoms with Crippen molar-refractivity contribution in [3.8, 4) is 39.8 Å². The molecule has 32 heavy (non-hydrogen) atoms. The van der Waals surface area contributed by atoms with E-state index in [-0.39, 0.29) is 22.2 Å². The van der Waals surface area contributed by atoms with Crippen molar-refractivity contribution in [1.82, 2.24) is 15.4 Å². The fourth-order valence-corrected chi connectivity index (χ4v) is 4.51. The second kappa shape index (κ2) is 8.63. The summed E-state index contributed by atoms with van der Waals surface area (Å²) < 4.78 is 49.7. The van der Waals surface area contributed by atoms with Gasteiger partial charge in [-0.3, -0.25) is 9.82 Å². The predicted molar refractivity (Wildman–Crippen MR) is 116 cm³/mol. The zero-order valence-corrected chi connectivity index (χ0v) is 18.3. The third kappa shape index (κ3) is 3.97. The molecular weight excluding hydrogens is 436 g/mol. The molecule has 0 aliphatic rings. The number of hydrogen-bond donors (Lipinski definition) is 2. The van der Waals surface area contributed by atoms with Crippen LogP contribution in [-0.4, -0.2) is 45.1 Å².